The normalized spacial score (nSPS) is 16.0. The first-order chi connectivity index (χ1) is 13.0. The number of aliphatic imine (C=N–C) groups is 1. The smallest absolute Gasteiger partial charge is 0.409 e. The largest absolute Gasteiger partial charge is 0.489 e. The van der Waals surface area contributed by atoms with Crippen molar-refractivity contribution in [2.24, 2.45) is 4.99 Å². The fraction of sp³-hybridized carbons (Fsp3) is 0.579. The molecule has 1 aliphatic rings. The molecule has 158 valence electrons. The Bertz CT molecular complexity index is 639. The lowest BCUT2D eigenvalue weighted by Crippen LogP contribution is -2.50. The standard InChI is InChI=1S/C19H29FN4O3.HI/c1-4-21-18(23-16-8-10-24(11-9-16)19(25)26-3)22-13-14(2)27-17-7-5-6-15(20)12-17;/h5-7,12,14,16H,4,8-11,13H2,1-3H3,(H2,21,22,23);1H. The van der Waals surface area contributed by atoms with Gasteiger partial charge in [-0.25, -0.2) is 14.2 Å². The molecule has 0 saturated carbocycles. The number of nitrogens with one attached hydrogen (secondary N) is 2. The lowest BCUT2D eigenvalue weighted by molar-refractivity contribution is 0.111. The van der Waals surface area contributed by atoms with Gasteiger partial charge in [0.15, 0.2) is 5.96 Å². The number of hydrogen-bond donors (Lipinski definition) is 2. The topological polar surface area (TPSA) is 75.2 Å². The van der Waals surface area contributed by atoms with Crippen LogP contribution in [0.25, 0.3) is 0 Å². The third-order valence-corrected chi connectivity index (χ3v) is 4.25. The van der Waals surface area contributed by atoms with E-state index in [1.807, 2.05) is 13.8 Å². The molecule has 1 heterocycles. The first-order valence-corrected chi connectivity index (χ1v) is 9.31. The monoisotopic (exact) mass is 508 g/mol. The maximum atomic E-state index is 13.2. The Hall–Kier alpha value is -1.78. The third kappa shape index (κ3) is 8.07. The maximum absolute atomic E-state index is 13.2. The fourth-order valence-electron chi connectivity index (χ4n) is 2.88. The number of halogens is 2. The predicted molar refractivity (Wildman–Crippen MR) is 118 cm³/mol. The highest BCUT2D eigenvalue weighted by Gasteiger charge is 2.23. The number of likely N-dealkylation sites (tertiary alicyclic amines) is 1. The van der Waals surface area contributed by atoms with Crippen LogP contribution in [0.4, 0.5) is 9.18 Å². The number of carbonyl (C=O) groups excluding carboxylic acids is 1. The first-order valence-electron chi connectivity index (χ1n) is 9.31. The van der Waals surface area contributed by atoms with E-state index >= 15 is 0 Å². The zero-order valence-electron chi connectivity index (χ0n) is 16.6. The Morgan fingerprint density at radius 2 is 2.11 bits per heavy atom. The van der Waals surface area contributed by atoms with E-state index in [-0.39, 0.29) is 48.0 Å². The molecule has 1 fully saturated rings. The van der Waals surface area contributed by atoms with E-state index < -0.39 is 0 Å². The van der Waals surface area contributed by atoms with Gasteiger partial charge in [-0.15, -0.1) is 24.0 Å². The summed E-state index contributed by atoms with van der Waals surface area (Å²) in [5.74, 6) is 0.881. The minimum Gasteiger partial charge on any atom is -0.489 e. The average molecular weight is 508 g/mol. The van der Waals surface area contributed by atoms with Crippen LogP contribution < -0.4 is 15.4 Å². The van der Waals surface area contributed by atoms with E-state index in [0.29, 0.717) is 31.3 Å². The Balaban J connectivity index is 0.00000392. The molecule has 0 aliphatic carbocycles. The van der Waals surface area contributed by atoms with Gasteiger partial charge in [-0.2, -0.15) is 0 Å². The van der Waals surface area contributed by atoms with Crippen molar-refractivity contribution in [3.63, 3.8) is 0 Å². The Morgan fingerprint density at radius 1 is 1.39 bits per heavy atom. The van der Waals surface area contributed by atoms with E-state index in [0.717, 1.165) is 19.4 Å². The summed E-state index contributed by atoms with van der Waals surface area (Å²) in [5, 5.41) is 6.63. The van der Waals surface area contributed by atoms with Crippen LogP contribution in [0.1, 0.15) is 26.7 Å². The summed E-state index contributed by atoms with van der Waals surface area (Å²) in [6, 6.07) is 6.32. The highest BCUT2D eigenvalue weighted by molar-refractivity contribution is 14.0. The van der Waals surface area contributed by atoms with Crippen molar-refractivity contribution < 1.29 is 18.7 Å². The second-order valence-electron chi connectivity index (χ2n) is 6.48. The van der Waals surface area contributed by atoms with Gasteiger partial charge in [0.25, 0.3) is 0 Å². The Labute approximate surface area is 183 Å². The van der Waals surface area contributed by atoms with Crippen LogP contribution in [0.5, 0.6) is 5.75 Å². The fourth-order valence-corrected chi connectivity index (χ4v) is 2.88. The van der Waals surface area contributed by atoms with Crippen LogP contribution in [-0.4, -0.2) is 62.4 Å². The van der Waals surface area contributed by atoms with Crippen molar-refractivity contribution in [1.82, 2.24) is 15.5 Å². The van der Waals surface area contributed by atoms with Crippen LogP contribution in [0.2, 0.25) is 0 Å². The molecule has 28 heavy (non-hydrogen) atoms. The highest BCUT2D eigenvalue weighted by Crippen LogP contribution is 2.14. The van der Waals surface area contributed by atoms with Gasteiger partial charge < -0.3 is 25.0 Å². The second-order valence-corrected chi connectivity index (χ2v) is 6.48. The number of hydrogen-bond acceptors (Lipinski definition) is 4. The van der Waals surface area contributed by atoms with E-state index in [9.17, 15) is 9.18 Å². The molecule has 2 rings (SSSR count). The van der Waals surface area contributed by atoms with Crippen LogP contribution in [0.3, 0.4) is 0 Å². The maximum Gasteiger partial charge on any atom is 0.409 e. The Morgan fingerprint density at radius 3 is 2.71 bits per heavy atom. The lowest BCUT2D eigenvalue weighted by Gasteiger charge is -2.32. The second kappa shape index (κ2) is 12.6. The zero-order valence-corrected chi connectivity index (χ0v) is 18.9. The molecule has 1 amide bonds. The molecule has 1 atom stereocenters. The summed E-state index contributed by atoms with van der Waals surface area (Å²) in [6.45, 7) is 6.39. The highest BCUT2D eigenvalue weighted by atomic mass is 127. The number of carbonyl (C=O) groups is 1. The van der Waals surface area contributed by atoms with Crippen LogP contribution in [-0.2, 0) is 4.74 Å². The average Bonchev–Trinajstić information content (AvgIpc) is 2.66. The first kappa shape index (κ1) is 24.3. The SMILES string of the molecule is CCNC(=NCC(C)Oc1cccc(F)c1)NC1CCN(C(=O)OC)CC1.I. The molecule has 0 bridgehead atoms. The predicted octanol–water partition coefficient (Wildman–Crippen LogP) is 3.00. The molecule has 0 aromatic heterocycles. The van der Waals surface area contributed by atoms with Crippen molar-refractivity contribution in [2.75, 3.05) is 33.3 Å². The molecule has 2 N–H and O–H groups in total. The lowest BCUT2D eigenvalue weighted by atomic mass is 10.1. The molecule has 1 aromatic carbocycles. The van der Waals surface area contributed by atoms with Gasteiger partial charge >= 0.3 is 6.09 Å². The summed E-state index contributed by atoms with van der Waals surface area (Å²) in [5.41, 5.74) is 0. The number of amides is 1. The van der Waals surface area contributed by atoms with Crippen molar-refractivity contribution >= 4 is 36.0 Å². The molecular formula is C19H30FIN4O3. The third-order valence-electron chi connectivity index (χ3n) is 4.25. The quantitative estimate of drug-likeness (QED) is 0.351. The molecule has 7 nitrogen and oxygen atoms in total. The van der Waals surface area contributed by atoms with Gasteiger partial charge in [-0.1, -0.05) is 6.07 Å². The van der Waals surface area contributed by atoms with E-state index in [1.54, 1.807) is 17.0 Å². The summed E-state index contributed by atoms with van der Waals surface area (Å²) >= 11 is 0. The van der Waals surface area contributed by atoms with Crippen LogP contribution in [0, 0.1) is 5.82 Å². The summed E-state index contributed by atoms with van der Waals surface area (Å²) in [7, 11) is 1.40. The summed E-state index contributed by atoms with van der Waals surface area (Å²) < 4.78 is 23.7. The van der Waals surface area contributed by atoms with Crippen molar-refractivity contribution in [3.8, 4) is 5.75 Å². The van der Waals surface area contributed by atoms with Crippen molar-refractivity contribution in [1.29, 1.82) is 0 Å². The van der Waals surface area contributed by atoms with Gasteiger partial charge in [-0.05, 0) is 38.8 Å². The molecule has 0 radical (unpaired) electrons. The van der Waals surface area contributed by atoms with E-state index in [2.05, 4.69) is 15.6 Å². The molecule has 1 unspecified atom stereocenters. The molecule has 9 heteroatoms. The number of nitrogens with zero attached hydrogens (tertiary/aromatic N) is 2. The number of rotatable bonds is 6. The van der Waals surface area contributed by atoms with Crippen molar-refractivity contribution in [2.45, 2.75) is 38.8 Å². The Kier molecular flexibility index (Phi) is 10.9. The van der Waals surface area contributed by atoms with Crippen LogP contribution >= 0.6 is 24.0 Å². The minimum atomic E-state index is -0.323. The van der Waals surface area contributed by atoms with Gasteiger partial charge in [0.2, 0.25) is 0 Å². The number of piperidine rings is 1. The number of benzene rings is 1. The summed E-state index contributed by atoms with van der Waals surface area (Å²) in [6.07, 6.45) is 1.18. The van der Waals surface area contributed by atoms with Crippen molar-refractivity contribution in [3.05, 3.63) is 30.1 Å². The molecule has 0 spiro atoms. The van der Waals surface area contributed by atoms with Gasteiger partial charge in [0.05, 0.1) is 13.7 Å². The molecule has 1 saturated heterocycles. The number of methoxy groups -OCH3 is 1. The number of ether oxygens (including phenoxy) is 2. The van der Waals surface area contributed by atoms with E-state index in [1.165, 1.54) is 19.2 Å². The summed E-state index contributed by atoms with van der Waals surface area (Å²) in [4.78, 5) is 17.8. The zero-order chi connectivity index (χ0) is 19.6. The molecule has 1 aromatic rings. The van der Waals surface area contributed by atoms with Gasteiger partial charge in [-0.3, -0.25) is 0 Å². The number of guanidine groups is 1. The van der Waals surface area contributed by atoms with Gasteiger partial charge in [0.1, 0.15) is 17.7 Å². The van der Waals surface area contributed by atoms with Crippen LogP contribution in [0.15, 0.2) is 29.3 Å². The molecular weight excluding hydrogens is 478 g/mol. The molecule has 1 aliphatic heterocycles. The van der Waals surface area contributed by atoms with Gasteiger partial charge in [0, 0.05) is 31.7 Å². The van der Waals surface area contributed by atoms with E-state index in [4.69, 9.17) is 9.47 Å². The minimum absolute atomic E-state index is 0.